The minimum absolute atomic E-state index is 0.0701. The molecule has 0 N–H and O–H groups in total. The molecule has 4 rings (SSSR count). The van der Waals surface area contributed by atoms with Crippen molar-refractivity contribution in [2.45, 2.75) is 12.1 Å². The molecule has 0 spiro atoms. The smallest absolute Gasteiger partial charge is 0.266 e. The quantitative estimate of drug-likeness (QED) is 0.292. The zero-order valence-corrected chi connectivity index (χ0v) is 17.5. The topological polar surface area (TPSA) is 44.1 Å². The number of fused-ring (bicyclic) bond motifs is 1. The summed E-state index contributed by atoms with van der Waals surface area (Å²) in [6.45, 7) is 2.55. The van der Waals surface area contributed by atoms with Gasteiger partial charge in [0, 0.05) is 5.75 Å². The third kappa shape index (κ3) is 4.47. The molecular weight excluding hydrogens is 392 g/mol. The Morgan fingerprint density at radius 3 is 2.47 bits per heavy atom. The predicted octanol–water partition coefficient (Wildman–Crippen LogP) is 5.59. The zero-order valence-electron chi connectivity index (χ0n) is 16.7. The van der Waals surface area contributed by atoms with E-state index in [1.807, 2.05) is 73.7 Å². The van der Waals surface area contributed by atoms with Crippen LogP contribution in [0.1, 0.15) is 12.5 Å². The highest BCUT2D eigenvalue weighted by Crippen LogP contribution is 2.23. The van der Waals surface area contributed by atoms with Gasteiger partial charge in [0.2, 0.25) is 0 Å². The molecule has 5 heteroatoms. The van der Waals surface area contributed by atoms with E-state index in [1.54, 1.807) is 4.57 Å². The van der Waals surface area contributed by atoms with Gasteiger partial charge in [-0.3, -0.25) is 9.36 Å². The third-order valence-electron chi connectivity index (χ3n) is 4.57. The monoisotopic (exact) mass is 414 g/mol. The Morgan fingerprint density at radius 1 is 0.967 bits per heavy atom. The van der Waals surface area contributed by atoms with E-state index in [2.05, 4.69) is 24.3 Å². The van der Waals surface area contributed by atoms with Gasteiger partial charge < -0.3 is 4.74 Å². The normalized spacial score (nSPS) is 11.2. The van der Waals surface area contributed by atoms with Crippen LogP contribution in [0.25, 0.3) is 22.7 Å². The predicted molar refractivity (Wildman–Crippen MR) is 125 cm³/mol. The van der Waals surface area contributed by atoms with Crippen molar-refractivity contribution in [1.29, 1.82) is 0 Å². The van der Waals surface area contributed by atoms with Crippen molar-refractivity contribution < 1.29 is 4.74 Å². The SMILES string of the molecule is CCOc1ccc(-n2c(SCC=Cc3ccccc3)nc3ccccc3c2=O)cc1. The molecule has 0 saturated heterocycles. The minimum Gasteiger partial charge on any atom is -0.494 e. The number of aromatic nitrogens is 2. The fourth-order valence-corrected chi connectivity index (χ4v) is 3.99. The molecule has 0 unspecified atom stereocenters. The van der Waals surface area contributed by atoms with Crippen LogP contribution in [-0.4, -0.2) is 21.9 Å². The van der Waals surface area contributed by atoms with Crippen molar-refractivity contribution in [3.8, 4) is 11.4 Å². The van der Waals surface area contributed by atoms with Gasteiger partial charge in [-0.2, -0.15) is 0 Å². The summed E-state index contributed by atoms with van der Waals surface area (Å²) in [5.74, 6) is 1.49. The molecule has 0 aliphatic heterocycles. The molecule has 0 saturated carbocycles. The Balaban J connectivity index is 1.69. The highest BCUT2D eigenvalue weighted by molar-refractivity contribution is 7.99. The first-order chi connectivity index (χ1) is 14.8. The molecule has 0 radical (unpaired) electrons. The average Bonchev–Trinajstić information content (AvgIpc) is 2.79. The number of ether oxygens (including phenoxy) is 1. The second-order valence-electron chi connectivity index (χ2n) is 6.60. The molecule has 4 nitrogen and oxygen atoms in total. The maximum atomic E-state index is 13.3. The van der Waals surface area contributed by atoms with E-state index in [4.69, 9.17) is 9.72 Å². The highest BCUT2D eigenvalue weighted by Gasteiger charge is 2.13. The van der Waals surface area contributed by atoms with Crippen molar-refractivity contribution in [1.82, 2.24) is 9.55 Å². The lowest BCUT2D eigenvalue weighted by Gasteiger charge is -2.13. The molecule has 0 atom stereocenters. The Bertz CT molecular complexity index is 1220. The molecule has 0 aliphatic carbocycles. The van der Waals surface area contributed by atoms with E-state index in [-0.39, 0.29) is 5.56 Å². The second kappa shape index (κ2) is 9.46. The maximum absolute atomic E-state index is 13.3. The van der Waals surface area contributed by atoms with Crippen molar-refractivity contribution in [2.24, 2.45) is 0 Å². The van der Waals surface area contributed by atoms with Crippen molar-refractivity contribution in [3.05, 3.63) is 101 Å². The molecule has 0 bridgehead atoms. The number of thioether (sulfide) groups is 1. The van der Waals surface area contributed by atoms with E-state index >= 15 is 0 Å². The molecule has 0 amide bonds. The van der Waals surface area contributed by atoms with Gasteiger partial charge in [-0.15, -0.1) is 0 Å². The summed E-state index contributed by atoms with van der Waals surface area (Å²) in [6.07, 6.45) is 4.16. The first-order valence-corrected chi connectivity index (χ1v) is 10.8. The van der Waals surface area contributed by atoms with Crippen molar-refractivity contribution >= 4 is 28.7 Å². The first kappa shape index (κ1) is 20.0. The highest BCUT2D eigenvalue weighted by atomic mass is 32.2. The van der Waals surface area contributed by atoms with E-state index < -0.39 is 0 Å². The van der Waals surface area contributed by atoms with Crippen molar-refractivity contribution in [2.75, 3.05) is 12.4 Å². The van der Waals surface area contributed by atoms with Crippen LogP contribution in [0.4, 0.5) is 0 Å². The van der Waals surface area contributed by atoms with Crippen LogP contribution in [0.15, 0.2) is 94.9 Å². The van der Waals surface area contributed by atoms with Gasteiger partial charge >= 0.3 is 0 Å². The van der Waals surface area contributed by atoms with Crippen LogP contribution < -0.4 is 10.3 Å². The molecular formula is C25H22N2O2S. The largest absolute Gasteiger partial charge is 0.494 e. The molecule has 1 heterocycles. The zero-order chi connectivity index (χ0) is 20.8. The Morgan fingerprint density at radius 2 is 1.70 bits per heavy atom. The summed E-state index contributed by atoms with van der Waals surface area (Å²) in [6, 6.07) is 25.2. The van der Waals surface area contributed by atoms with E-state index in [0.29, 0.717) is 28.4 Å². The standard InChI is InChI=1S/C25H22N2O2S/c1-2-29-21-16-14-20(15-17-21)27-24(28)22-12-6-7-13-23(22)26-25(27)30-18-8-11-19-9-4-3-5-10-19/h3-17H,2,18H2,1H3. The molecule has 3 aromatic carbocycles. The van der Waals surface area contributed by atoms with Gasteiger partial charge in [-0.25, -0.2) is 4.98 Å². The number of hydrogen-bond acceptors (Lipinski definition) is 4. The van der Waals surface area contributed by atoms with E-state index in [1.165, 1.54) is 11.8 Å². The van der Waals surface area contributed by atoms with Crippen LogP contribution in [0.2, 0.25) is 0 Å². The van der Waals surface area contributed by atoms with Crippen LogP contribution in [0, 0.1) is 0 Å². The molecule has 30 heavy (non-hydrogen) atoms. The number of benzene rings is 3. The number of nitrogens with zero attached hydrogens (tertiary/aromatic N) is 2. The lowest BCUT2D eigenvalue weighted by Crippen LogP contribution is -2.21. The fourth-order valence-electron chi connectivity index (χ4n) is 3.17. The fraction of sp³-hybridized carbons (Fsp3) is 0.120. The first-order valence-electron chi connectivity index (χ1n) is 9.85. The maximum Gasteiger partial charge on any atom is 0.266 e. The number of hydrogen-bond donors (Lipinski definition) is 0. The summed E-state index contributed by atoms with van der Waals surface area (Å²) in [5, 5.41) is 1.27. The third-order valence-corrected chi connectivity index (χ3v) is 5.46. The van der Waals surface area contributed by atoms with Crippen LogP contribution in [0.5, 0.6) is 5.75 Å². The lowest BCUT2D eigenvalue weighted by atomic mass is 10.2. The number of rotatable bonds is 7. The Hall–Kier alpha value is -3.31. The van der Waals surface area contributed by atoms with Gasteiger partial charge in [0.15, 0.2) is 5.16 Å². The van der Waals surface area contributed by atoms with Gasteiger partial charge in [0.1, 0.15) is 5.75 Å². The van der Waals surface area contributed by atoms with Crippen molar-refractivity contribution in [3.63, 3.8) is 0 Å². The minimum atomic E-state index is -0.0701. The van der Waals surface area contributed by atoms with Gasteiger partial charge in [0.25, 0.3) is 5.56 Å². The summed E-state index contributed by atoms with van der Waals surface area (Å²) in [4.78, 5) is 18.1. The Labute approximate surface area is 179 Å². The Kier molecular flexibility index (Phi) is 6.30. The van der Waals surface area contributed by atoms with Gasteiger partial charge in [-0.1, -0.05) is 66.4 Å². The second-order valence-corrected chi connectivity index (χ2v) is 7.59. The number of para-hydroxylation sites is 1. The van der Waals surface area contributed by atoms with E-state index in [9.17, 15) is 4.79 Å². The van der Waals surface area contributed by atoms with Crippen LogP contribution in [-0.2, 0) is 0 Å². The molecule has 0 fully saturated rings. The average molecular weight is 415 g/mol. The molecule has 0 aliphatic rings. The van der Waals surface area contributed by atoms with Gasteiger partial charge in [-0.05, 0) is 48.9 Å². The summed E-state index contributed by atoms with van der Waals surface area (Å²) < 4.78 is 7.21. The molecule has 4 aromatic rings. The summed E-state index contributed by atoms with van der Waals surface area (Å²) >= 11 is 1.54. The van der Waals surface area contributed by atoms with Crippen LogP contribution >= 0.6 is 11.8 Å². The summed E-state index contributed by atoms with van der Waals surface area (Å²) in [7, 11) is 0. The van der Waals surface area contributed by atoms with E-state index in [0.717, 1.165) is 17.0 Å². The lowest BCUT2D eigenvalue weighted by molar-refractivity contribution is 0.340. The van der Waals surface area contributed by atoms with Crippen LogP contribution in [0.3, 0.4) is 0 Å². The van der Waals surface area contributed by atoms with Gasteiger partial charge in [0.05, 0.1) is 23.2 Å². The molecule has 1 aromatic heterocycles. The summed E-state index contributed by atoms with van der Waals surface area (Å²) in [5.41, 5.74) is 2.56. The molecule has 150 valence electrons.